The van der Waals surface area contributed by atoms with E-state index >= 15 is 0 Å². The molecular formula is C14H12Cl2N4. The second-order valence-corrected chi connectivity index (χ2v) is 5.36. The van der Waals surface area contributed by atoms with E-state index in [1.54, 1.807) is 10.9 Å². The van der Waals surface area contributed by atoms with Gasteiger partial charge in [0, 0.05) is 11.6 Å². The van der Waals surface area contributed by atoms with E-state index < -0.39 is 0 Å². The number of hydrogen-bond donors (Lipinski definition) is 0. The molecule has 0 aliphatic heterocycles. The van der Waals surface area contributed by atoms with Gasteiger partial charge in [0.05, 0.1) is 27.8 Å². The molecular weight excluding hydrogens is 295 g/mol. The predicted molar refractivity (Wildman–Crippen MR) is 80.6 cm³/mol. The molecule has 0 amide bonds. The van der Waals surface area contributed by atoms with E-state index in [-0.39, 0.29) is 5.38 Å². The minimum absolute atomic E-state index is 0.129. The fraction of sp³-hybridized carbons (Fsp3) is 0.214. The summed E-state index contributed by atoms with van der Waals surface area (Å²) in [6.45, 7) is 2.01. The highest BCUT2D eigenvalue weighted by molar-refractivity contribution is 6.35. The molecule has 2 heterocycles. The Morgan fingerprint density at radius 2 is 2.15 bits per heavy atom. The van der Waals surface area contributed by atoms with Crippen molar-refractivity contribution in [3.8, 4) is 5.69 Å². The average Bonchev–Trinajstić information content (AvgIpc) is 2.97. The molecule has 3 aromatic rings. The molecule has 0 saturated carbocycles. The second-order valence-electron chi connectivity index (χ2n) is 4.43. The smallest absolute Gasteiger partial charge is 0.101 e. The van der Waals surface area contributed by atoms with Crippen molar-refractivity contribution in [1.29, 1.82) is 0 Å². The zero-order valence-corrected chi connectivity index (χ0v) is 12.3. The number of halogens is 2. The summed E-state index contributed by atoms with van der Waals surface area (Å²) in [5, 5.41) is 9.68. The molecule has 3 rings (SSSR count). The first kappa shape index (κ1) is 13.3. The van der Waals surface area contributed by atoms with Crippen molar-refractivity contribution in [2.75, 3.05) is 0 Å². The Bertz CT molecular complexity index is 754. The van der Waals surface area contributed by atoms with Crippen molar-refractivity contribution >= 4 is 34.1 Å². The molecule has 0 radical (unpaired) electrons. The van der Waals surface area contributed by atoms with Crippen LogP contribution in [-0.2, 0) is 0 Å². The van der Waals surface area contributed by atoms with Gasteiger partial charge in [0.2, 0.25) is 0 Å². The molecule has 1 atom stereocenters. The summed E-state index contributed by atoms with van der Waals surface area (Å²) in [6, 6.07) is 7.50. The lowest BCUT2D eigenvalue weighted by Gasteiger charge is -2.06. The largest absolute Gasteiger partial charge is 0.254 e. The number of aromatic nitrogens is 4. The van der Waals surface area contributed by atoms with Crippen molar-refractivity contribution in [1.82, 2.24) is 20.0 Å². The highest BCUT2D eigenvalue weighted by Crippen LogP contribution is 2.28. The van der Waals surface area contributed by atoms with Gasteiger partial charge in [-0.3, -0.25) is 4.98 Å². The molecule has 102 valence electrons. The van der Waals surface area contributed by atoms with Crippen LogP contribution in [-0.4, -0.2) is 20.0 Å². The molecule has 0 bridgehead atoms. The van der Waals surface area contributed by atoms with Gasteiger partial charge in [-0.1, -0.05) is 23.7 Å². The first-order valence-corrected chi connectivity index (χ1v) is 7.12. The van der Waals surface area contributed by atoms with Crippen molar-refractivity contribution in [3.63, 3.8) is 0 Å². The average molecular weight is 307 g/mol. The number of hydrogen-bond acceptors (Lipinski definition) is 3. The summed E-state index contributed by atoms with van der Waals surface area (Å²) in [7, 11) is 0. The van der Waals surface area contributed by atoms with Crippen molar-refractivity contribution in [2.24, 2.45) is 0 Å². The van der Waals surface area contributed by atoms with Crippen LogP contribution in [0.3, 0.4) is 0 Å². The Labute approximate surface area is 126 Å². The monoisotopic (exact) mass is 306 g/mol. The molecule has 1 aromatic carbocycles. The fourth-order valence-corrected chi connectivity index (χ4v) is 2.37. The van der Waals surface area contributed by atoms with E-state index in [2.05, 4.69) is 15.3 Å². The first-order valence-electron chi connectivity index (χ1n) is 6.30. The quantitative estimate of drug-likeness (QED) is 0.682. The highest BCUT2D eigenvalue weighted by Gasteiger charge is 2.13. The van der Waals surface area contributed by atoms with Gasteiger partial charge in [-0.05, 0) is 30.7 Å². The lowest BCUT2D eigenvalue weighted by atomic mass is 10.2. The maximum absolute atomic E-state index is 6.19. The summed E-state index contributed by atoms with van der Waals surface area (Å²) in [5.74, 6) is 0. The third kappa shape index (κ3) is 2.25. The van der Waals surface area contributed by atoms with E-state index in [1.165, 1.54) is 0 Å². The number of alkyl halides is 1. The van der Waals surface area contributed by atoms with Gasteiger partial charge >= 0.3 is 0 Å². The Balaban J connectivity index is 2.15. The lowest BCUT2D eigenvalue weighted by Crippen LogP contribution is -1.97. The van der Waals surface area contributed by atoms with Crippen LogP contribution in [0.15, 0.2) is 36.7 Å². The minimum atomic E-state index is -0.129. The number of pyridine rings is 1. The van der Waals surface area contributed by atoms with Crippen LogP contribution in [0, 0.1) is 0 Å². The van der Waals surface area contributed by atoms with E-state index in [0.717, 1.165) is 28.7 Å². The molecule has 20 heavy (non-hydrogen) atoms. The second kappa shape index (κ2) is 5.38. The van der Waals surface area contributed by atoms with Crippen LogP contribution in [0.5, 0.6) is 0 Å². The van der Waals surface area contributed by atoms with Gasteiger partial charge in [-0.25, -0.2) is 4.68 Å². The van der Waals surface area contributed by atoms with E-state index in [0.29, 0.717) is 5.02 Å². The maximum atomic E-state index is 6.19. The van der Waals surface area contributed by atoms with Crippen LogP contribution in [0.25, 0.3) is 16.6 Å². The van der Waals surface area contributed by atoms with Gasteiger partial charge < -0.3 is 0 Å². The summed E-state index contributed by atoms with van der Waals surface area (Å²) >= 11 is 12.4. The van der Waals surface area contributed by atoms with Crippen LogP contribution in [0.1, 0.15) is 24.4 Å². The molecule has 4 nitrogen and oxygen atoms in total. The first-order chi connectivity index (χ1) is 9.70. The van der Waals surface area contributed by atoms with Crippen LogP contribution >= 0.6 is 23.2 Å². The molecule has 0 fully saturated rings. The zero-order valence-electron chi connectivity index (χ0n) is 10.8. The fourth-order valence-electron chi connectivity index (χ4n) is 2.05. The van der Waals surface area contributed by atoms with Crippen LogP contribution < -0.4 is 0 Å². The van der Waals surface area contributed by atoms with Gasteiger partial charge in [0.1, 0.15) is 5.69 Å². The van der Waals surface area contributed by atoms with Crippen molar-refractivity contribution in [3.05, 3.63) is 47.4 Å². The molecule has 0 aliphatic rings. The standard InChI is InChI=1S/C14H12Cl2N4/c1-2-10(15)12-8-20(19-18-12)13-6-5-11(16)9-4-3-7-17-14(9)13/h3-8,10H,2H2,1H3. The third-order valence-corrected chi connectivity index (χ3v) is 3.99. The van der Waals surface area contributed by atoms with Gasteiger partial charge in [-0.15, -0.1) is 16.7 Å². The summed E-state index contributed by atoms with van der Waals surface area (Å²) < 4.78 is 1.69. The van der Waals surface area contributed by atoms with E-state index in [4.69, 9.17) is 23.2 Å². The van der Waals surface area contributed by atoms with Crippen LogP contribution in [0.2, 0.25) is 5.02 Å². The molecule has 6 heteroatoms. The molecule has 0 saturated heterocycles. The Hall–Kier alpha value is -1.65. The summed E-state index contributed by atoms with van der Waals surface area (Å²) in [6.07, 6.45) is 4.37. The summed E-state index contributed by atoms with van der Waals surface area (Å²) in [5.41, 5.74) is 2.39. The van der Waals surface area contributed by atoms with E-state index in [9.17, 15) is 0 Å². The normalized spacial score (nSPS) is 12.8. The molecule has 0 spiro atoms. The topological polar surface area (TPSA) is 43.6 Å². The summed E-state index contributed by atoms with van der Waals surface area (Å²) in [4.78, 5) is 4.39. The van der Waals surface area contributed by atoms with Gasteiger partial charge in [0.25, 0.3) is 0 Å². The molecule has 1 unspecified atom stereocenters. The minimum Gasteiger partial charge on any atom is -0.254 e. The number of nitrogens with zero attached hydrogens (tertiary/aromatic N) is 4. The predicted octanol–water partition coefficient (Wildman–Crippen LogP) is 4.16. The Kier molecular flexibility index (Phi) is 3.59. The number of rotatable bonds is 3. The zero-order chi connectivity index (χ0) is 14.1. The molecule has 2 aromatic heterocycles. The number of benzene rings is 1. The van der Waals surface area contributed by atoms with Gasteiger partial charge in [0.15, 0.2) is 0 Å². The van der Waals surface area contributed by atoms with Crippen molar-refractivity contribution < 1.29 is 0 Å². The third-order valence-electron chi connectivity index (χ3n) is 3.13. The van der Waals surface area contributed by atoms with Crippen molar-refractivity contribution in [2.45, 2.75) is 18.7 Å². The Morgan fingerprint density at radius 1 is 1.30 bits per heavy atom. The highest BCUT2D eigenvalue weighted by atomic mass is 35.5. The molecule has 0 aliphatic carbocycles. The SMILES string of the molecule is CCC(Cl)c1cn(-c2ccc(Cl)c3cccnc23)nn1. The van der Waals surface area contributed by atoms with Gasteiger partial charge in [-0.2, -0.15) is 0 Å². The number of fused-ring (bicyclic) bond motifs is 1. The van der Waals surface area contributed by atoms with Crippen LogP contribution in [0.4, 0.5) is 0 Å². The van der Waals surface area contributed by atoms with E-state index in [1.807, 2.05) is 37.4 Å². The molecule has 0 N–H and O–H groups in total. The Morgan fingerprint density at radius 3 is 2.95 bits per heavy atom. The lowest BCUT2D eigenvalue weighted by molar-refractivity contribution is 0.788. The maximum Gasteiger partial charge on any atom is 0.101 e.